The van der Waals surface area contributed by atoms with E-state index in [2.05, 4.69) is 36.5 Å². The standard InChI is InChI=1S/C28H32N2O2/c1-2-3-4-5-11-20-32-24-18-16-23(17-19-24)27-29-26-15-10-9-14-25(26)28(31)30(27)21-22-12-7-6-8-13-22/h6-10,12-19,27,29H,2-5,11,20-21H2,1H3. The van der Waals surface area contributed by atoms with Gasteiger partial charge in [0.1, 0.15) is 11.9 Å². The SMILES string of the molecule is CCCCCCCOc1ccc(C2Nc3ccccc3C(=O)N2Cc2ccccc2)cc1. The molecule has 1 unspecified atom stereocenters. The zero-order valence-electron chi connectivity index (χ0n) is 18.8. The minimum atomic E-state index is -0.235. The number of hydrogen-bond donors (Lipinski definition) is 1. The fourth-order valence-electron chi connectivity index (χ4n) is 4.14. The number of fused-ring (bicyclic) bond motifs is 1. The Morgan fingerprint density at radius 1 is 0.844 bits per heavy atom. The highest BCUT2D eigenvalue weighted by Crippen LogP contribution is 2.34. The third-order valence-corrected chi connectivity index (χ3v) is 5.93. The fraction of sp³-hybridized carbons (Fsp3) is 0.321. The zero-order chi connectivity index (χ0) is 22.2. The highest BCUT2D eigenvalue weighted by atomic mass is 16.5. The molecule has 32 heavy (non-hydrogen) atoms. The highest BCUT2D eigenvalue weighted by Gasteiger charge is 2.32. The van der Waals surface area contributed by atoms with E-state index in [0.717, 1.165) is 35.6 Å². The minimum absolute atomic E-state index is 0.0422. The Morgan fingerprint density at radius 2 is 1.56 bits per heavy atom. The molecule has 0 saturated carbocycles. The van der Waals surface area contributed by atoms with Crippen molar-refractivity contribution in [3.8, 4) is 5.75 Å². The molecule has 0 bridgehead atoms. The predicted molar refractivity (Wildman–Crippen MR) is 130 cm³/mol. The molecule has 0 aliphatic carbocycles. The smallest absolute Gasteiger partial charge is 0.258 e. The van der Waals surface area contributed by atoms with Crippen molar-refractivity contribution >= 4 is 11.6 Å². The van der Waals surface area contributed by atoms with Crippen LogP contribution < -0.4 is 10.1 Å². The molecule has 3 aromatic rings. The molecule has 1 aliphatic rings. The Balaban J connectivity index is 1.49. The van der Waals surface area contributed by atoms with Gasteiger partial charge in [0, 0.05) is 12.2 Å². The van der Waals surface area contributed by atoms with E-state index in [1.165, 1.54) is 25.7 Å². The van der Waals surface area contributed by atoms with Gasteiger partial charge in [-0.05, 0) is 41.8 Å². The molecule has 1 heterocycles. The summed E-state index contributed by atoms with van der Waals surface area (Å²) in [6, 6.07) is 26.0. The van der Waals surface area contributed by atoms with Crippen LogP contribution in [0.2, 0.25) is 0 Å². The normalized spacial score (nSPS) is 15.2. The summed E-state index contributed by atoms with van der Waals surface area (Å²) in [5.41, 5.74) is 3.73. The van der Waals surface area contributed by atoms with Crippen molar-refractivity contribution < 1.29 is 9.53 Å². The minimum Gasteiger partial charge on any atom is -0.494 e. The summed E-state index contributed by atoms with van der Waals surface area (Å²) < 4.78 is 5.93. The average molecular weight is 429 g/mol. The first-order valence-electron chi connectivity index (χ1n) is 11.7. The van der Waals surface area contributed by atoms with Gasteiger partial charge in [-0.1, -0.05) is 87.2 Å². The molecule has 1 amide bonds. The topological polar surface area (TPSA) is 41.6 Å². The number of hydrogen-bond acceptors (Lipinski definition) is 3. The monoisotopic (exact) mass is 428 g/mol. The van der Waals surface area contributed by atoms with E-state index in [0.29, 0.717) is 12.1 Å². The van der Waals surface area contributed by atoms with E-state index >= 15 is 0 Å². The van der Waals surface area contributed by atoms with Gasteiger partial charge in [-0.3, -0.25) is 4.79 Å². The van der Waals surface area contributed by atoms with Gasteiger partial charge in [0.05, 0.1) is 12.2 Å². The van der Waals surface area contributed by atoms with Crippen molar-refractivity contribution in [3.05, 3.63) is 95.6 Å². The maximum absolute atomic E-state index is 13.4. The van der Waals surface area contributed by atoms with Gasteiger partial charge in [0.15, 0.2) is 0 Å². The third kappa shape index (κ3) is 5.31. The van der Waals surface area contributed by atoms with Crippen LogP contribution in [0.5, 0.6) is 5.75 Å². The lowest BCUT2D eigenvalue weighted by atomic mass is 10.0. The summed E-state index contributed by atoms with van der Waals surface area (Å²) in [7, 11) is 0. The lowest BCUT2D eigenvalue weighted by Crippen LogP contribution is -2.42. The van der Waals surface area contributed by atoms with Gasteiger partial charge in [0.2, 0.25) is 0 Å². The van der Waals surface area contributed by atoms with Crippen molar-refractivity contribution in [2.24, 2.45) is 0 Å². The van der Waals surface area contributed by atoms with Crippen molar-refractivity contribution in [1.29, 1.82) is 0 Å². The number of anilines is 1. The molecule has 1 aliphatic heterocycles. The molecule has 0 fully saturated rings. The number of amides is 1. The van der Waals surface area contributed by atoms with E-state index in [4.69, 9.17) is 4.74 Å². The number of nitrogens with one attached hydrogen (secondary N) is 1. The molecule has 4 heteroatoms. The van der Waals surface area contributed by atoms with Crippen molar-refractivity contribution in [3.63, 3.8) is 0 Å². The summed E-state index contributed by atoms with van der Waals surface area (Å²) >= 11 is 0. The summed E-state index contributed by atoms with van der Waals surface area (Å²) in [6.07, 6.45) is 5.89. The number of nitrogens with zero attached hydrogens (tertiary/aromatic N) is 1. The van der Waals surface area contributed by atoms with Crippen LogP contribution in [0.25, 0.3) is 0 Å². The molecule has 0 radical (unpaired) electrons. The highest BCUT2D eigenvalue weighted by molar-refractivity contribution is 6.01. The molecular weight excluding hydrogens is 396 g/mol. The first-order valence-corrected chi connectivity index (χ1v) is 11.7. The maximum atomic E-state index is 13.4. The number of benzene rings is 3. The van der Waals surface area contributed by atoms with Crippen LogP contribution in [0, 0.1) is 0 Å². The van der Waals surface area contributed by atoms with Gasteiger partial charge in [0.25, 0.3) is 5.91 Å². The van der Waals surface area contributed by atoms with E-state index < -0.39 is 0 Å². The first kappa shape index (κ1) is 21.9. The quantitative estimate of drug-likeness (QED) is 0.361. The number of unbranched alkanes of at least 4 members (excludes halogenated alkanes) is 4. The lowest BCUT2D eigenvalue weighted by molar-refractivity contribution is 0.0666. The van der Waals surface area contributed by atoms with Crippen LogP contribution in [0.4, 0.5) is 5.69 Å². The second-order valence-electron chi connectivity index (χ2n) is 8.34. The van der Waals surface area contributed by atoms with E-state index in [1.807, 2.05) is 59.5 Å². The third-order valence-electron chi connectivity index (χ3n) is 5.93. The number of carbonyl (C=O) groups is 1. The average Bonchev–Trinajstić information content (AvgIpc) is 2.84. The van der Waals surface area contributed by atoms with E-state index in [9.17, 15) is 4.79 Å². The van der Waals surface area contributed by atoms with E-state index in [1.54, 1.807) is 0 Å². The molecule has 4 rings (SSSR count). The summed E-state index contributed by atoms with van der Waals surface area (Å²) in [5.74, 6) is 0.919. The molecule has 1 N–H and O–H groups in total. The lowest BCUT2D eigenvalue weighted by Gasteiger charge is -2.38. The Bertz CT molecular complexity index is 1000. The maximum Gasteiger partial charge on any atom is 0.258 e. The predicted octanol–water partition coefficient (Wildman–Crippen LogP) is 6.80. The summed E-state index contributed by atoms with van der Waals surface area (Å²) in [4.78, 5) is 15.3. The molecule has 4 nitrogen and oxygen atoms in total. The Hall–Kier alpha value is -3.27. The van der Waals surface area contributed by atoms with Crippen LogP contribution in [-0.2, 0) is 6.54 Å². The van der Waals surface area contributed by atoms with Crippen LogP contribution in [0.3, 0.4) is 0 Å². The summed E-state index contributed by atoms with van der Waals surface area (Å²) in [6.45, 7) is 3.52. The van der Waals surface area contributed by atoms with Gasteiger partial charge < -0.3 is 15.0 Å². The Labute approximate surface area is 191 Å². The molecule has 166 valence electrons. The van der Waals surface area contributed by atoms with Gasteiger partial charge in [-0.25, -0.2) is 0 Å². The van der Waals surface area contributed by atoms with Crippen LogP contribution in [0.15, 0.2) is 78.9 Å². The molecule has 3 aromatic carbocycles. The summed E-state index contributed by atoms with van der Waals surface area (Å²) in [5, 5.41) is 3.57. The molecule has 0 spiro atoms. The van der Waals surface area contributed by atoms with Crippen molar-refractivity contribution in [2.75, 3.05) is 11.9 Å². The van der Waals surface area contributed by atoms with E-state index in [-0.39, 0.29) is 12.1 Å². The van der Waals surface area contributed by atoms with Crippen LogP contribution in [-0.4, -0.2) is 17.4 Å². The number of ether oxygens (including phenoxy) is 1. The molecule has 0 aromatic heterocycles. The number of rotatable bonds is 10. The van der Waals surface area contributed by atoms with Gasteiger partial charge >= 0.3 is 0 Å². The molecular formula is C28H32N2O2. The fourth-order valence-corrected chi connectivity index (χ4v) is 4.14. The Morgan fingerprint density at radius 3 is 2.34 bits per heavy atom. The number of para-hydroxylation sites is 1. The second-order valence-corrected chi connectivity index (χ2v) is 8.34. The zero-order valence-corrected chi connectivity index (χ0v) is 18.8. The Kier molecular flexibility index (Phi) is 7.44. The second kappa shape index (κ2) is 10.9. The van der Waals surface area contributed by atoms with Crippen LogP contribution >= 0.6 is 0 Å². The first-order chi connectivity index (χ1) is 15.8. The molecule has 0 saturated heterocycles. The van der Waals surface area contributed by atoms with Crippen molar-refractivity contribution in [2.45, 2.75) is 51.7 Å². The molecule has 1 atom stereocenters. The largest absolute Gasteiger partial charge is 0.494 e. The van der Waals surface area contributed by atoms with Gasteiger partial charge in [-0.15, -0.1) is 0 Å². The van der Waals surface area contributed by atoms with Gasteiger partial charge in [-0.2, -0.15) is 0 Å². The van der Waals surface area contributed by atoms with Crippen molar-refractivity contribution in [1.82, 2.24) is 4.90 Å². The number of carbonyl (C=O) groups excluding carboxylic acids is 1. The van der Waals surface area contributed by atoms with Crippen LogP contribution in [0.1, 0.15) is 66.7 Å².